The highest BCUT2D eigenvalue weighted by Gasteiger charge is 2.22. The molecule has 3 N–H and O–H groups in total. The van der Waals surface area contributed by atoms with Gasteiger partial charge in [-0.2, -0.15) is 4.37 Å². The van der Waals surface area contributed by atoms with Crippen LogP contribution in [0.5, 0.6) is 0 Å². The van der Waals surface area contributed by atoms with Crippen LogP contribution in [0.3, 0.4) is 0 Å². The molecule has 1 aromatic rings. The molecule has 0 aromatic carbocycles. The third-order valence-corrected chi connectivity index (χ3v) is 3.77. The average molecular weight is 284 g/mol. The van der Waals surface area contributed by atoms with Gasteiger partial charge in [0, 0.05) is 19.6 Å². The maximum atomic E-state index is 12.1. The standard InChI is InChI=1S/C13H24N4OS/c1-5-6-7-8-17(4)13-10(11(14)16-19-13)12(18)15-9(2)3/h9H,5-8H2,1-4H3,(H2,14,16)(H,15,18). The van der Waals surface area contributed by atoms with Crippen LogP contribution in [0.2, 0.25) is 0 Å². The molecule has 0 atom stereocenters. The van der Waals surface area contributed by atoms with Crippen LogP contribution in [0.25, 0.3) is 0 Å². The number of rotatable bonds is 7. The van der Waals surface area contributed by atoms with Gasteiger partial charge in [-0.3, -0.25) is 4.79 Å². The van der Waals surface area contributed by atoms with Gasteiger partial charge in [-0.05, 0) is 31.8 Å². The molecule has 108 valence electrons. The zero-order chi connectivity index (χ0) is 14.4. The summed E-state index contributed by atoms with van der Waals surface area (Å²) in [6.45, 7) is 6.95. The Morgan fingerprint density at radius 2 is 2.16 bits per heavy atom. The second-order valence-corrected chi connectivity index (χ2v) is 5.76. The average Bonchev–Trinajstić information content (AvgIpc) is 2.70. The van der Waals surface area contributed by atoms with Gasteiger partial charge in [-0.1, -0.05) is 19.8 Å². The topological polar surface area (TPSA) is 71.2 Å². The summed E-state index contributed by atoms with van der Waals surface area (Å²) < 4.78 is 4.11. The molecule has 0 fully saturated rings. The highest BCUT2D eigenvalue weighted by molar-refractivity contribution is 7.11. The van der Waals surface area contributed by atoms with Crippen LogP contribution in [0.4, 0.5) is 10.8 Å². The number of amides is 1. The van der Waals surface area contributed by atoms with Crippen LogP contribution in [0.15, 0.2) is 0 Å². The maximum absolute atomic E-state index is 12.1. The molecule has 1 amide bonds. The lowest BCUT2D eigenvalue weighted by molar-refractivity contribution is 0.0945. The van der Waals surface area contributed by atoms with Gasteiger partial charge >= 0.3 is 0 Å². The lowest BCUT2D eigenvalue weighted by Crippen LogP contribution is -2.32. The van der Waals surface area contributed by atoms with E-state index in [4.69, 9.17) is 5.73 Å². The van der Waals surface area contributed by atoms with Crippen molar-refractivity contribution in [2.45, 2.75) is 46.1 Å². The van der Waals surface area contributed by atoms with E-state index in [0.717, 1.165) is 18.0 Å². The zero-order valence-electron chi connectivity index (χ0n) is 12.2. The van der Waals surface area contributed by atoms with Crippen molar-refractivity contribution >= 4 is 28.3 Å². The quantitative estimate of drug-likeness (QED) is 0.755. The van der Waals surface area contributed by atoms with Crippen molar-refractivity contribution in [1.82, 2.24) is 9.69 Å². The van der Waals surface area contributed by atoms with Crippen molar-refractivity contribution in [2.75, 3.05) is 24.2 Å². The Hall–Kier alpha value is -1.30. The highest BCUT2D eigenvalue weighted by Crippen LogP contribution is 2.30. The summed E-state index contributed by atoms with van der Waals surface area (Å²) in [5.41, 5.74) is 6.33. The number of carbonyl (C=O) groups excluding carboxylic acids is 1. The second kappa shape index (κ2) is 7.33. The van der Waals surface area contributed by atoms with Gasteiger partial charge in [0.05, 0.1) is 0 Å². The number of aromatic nitrogens is 1. The fourth-order valence-corrected chi connectivity index (χ4v) is 2.60. The van der Waals surface area contributed by atoms with Crippen molar-refractivity contribution in [2.24, 2.45) is 0 Å². The summed E-state index contributed by atoms with van der Waals surface area (Å²) in [6, 6.07) is 0.0880. The molecule has 0 saturated heterocycles. The van der Waals surface area contributed by atoms with Crippen LogP contribution >= 0.6 is 11.5 Å². The van der Waals surface area contributed by atoms with E-state index in [0.29, 0.717) is 11.4 Å². The Balaban J connectivity index is 2.81. The minimum Gasteiger partial charge on any atom is -0.382 e. The number of nitrogens with one attached hydrogen (secondary N) is 1. The third-order valence-electron chi connectivity index (χ3n) is 2.79. The van der Waals surface area contributed by atoms with Crippen LogP contribution in [-0.4, -0.2) is 29.9 Å². The van der Waals surface area contributed by atoms with Crippen LogP contribution in [0, 0.1) is 0 Å². The molecule has 0 aliphatic rings. The number of nitrogen functional groups attached to an aromatic ring is 1. The lowest BCUT2D eigenvalue weighted by Gasteiger charge is -2.18. The van der Waals surface area contributed by atoms with E-state index in [1.165, 1.54) is 24.4 Å². The molecular weight excluding hydrogens is 260 g/mol. The van der Waals surface area contributed by atoms with E-state index >= 15 is 0 Å². The molecule has 5 nitrogen and oxygen atoms in total. The summed E-state index contributed by atoms with van der Waals surface area (Å²) >= 11 is 1.29. The first kappa shape index (κ1) is 15.8. The summed E-state index contributed by atoms with van der Waals surface area (Å²) in [4.78, 5) is 14.2. The van der Waals surface area contributed by atoms with E-state index in [-0.39, 0.29) is 11.9 Å². The number of nitrogens with zero attached hydrogens (tertiary/aromatic N) is 2. The summed E-state index contributed by atoms with van der Waals surface area (Å²) in [7, 11) is 1.98. The molecule has 0 aliphatic heterocycles. The highest BCUT2D eigenvalue weighted by atomic mass is 32.1. The molecule has 0 radical (unpaired) electrons. The Morgan fingerprint density at radius 3 is 2.74 bits per heavy atom. The van der Waals surface area contributed by atoms with Gasteiger partial charge < -0.3 is 16.0 Å². The number of nitrogens with two attached hydrogens (primary N) is 1. The van der Waals surface area contributed by atoms with E-state index in [2.05, 4.69) is 21.5 Å². The first-order valence-electron chi connectivity index (χ1n) is 6.74. The van der Waals surface area contributed by atoms with Gasteiger partial charge in [0.2, 0.25) is 0 Å². The van der Waals surface area contributed by atoms with Gasteiger partial charge in [0.15, 0.2) is 5.82 Å². The van der Waals surface area contributed by atoms with Crippen molar-refractivity contribution in [3.05, 3.63) is 5.56 Å². The van der Waals surface area contributed by atoms with Crippen molar-refractivity contribution in [3.8, 4) is 0 Å². The molecule has 0 spiro atoms. The van der Waals surface area contributed by atoms with E-state index in [9.17, 15) is 4.79 Å². The molecule has 0 aliphatic carbocycles. The van der Waals surface area contributed by atoms with Crippen molar-refractivity contribution < 1.29 is 4.79 Å². The summed E-state index contributed by atoms with van der Waals surface area (Å²) in [5, 5.41) is 3.72. The van der Waals surface area contributed by atoms with Gasteiger partial charge in [0.1, 0.15) is 10.6 Å². The van der Waals surface area contributed by atoms with Gasteiger partial charge in [-0.25, -0.2) is 0 Å². The fraction of sp³-hybridized carbons (Fsp3) is 0.692. The minimum atomic E-state index is -0.140. The largest absolute Gasteiger partial charge is 0.382 e. The number of unbranched alkanes of at least 4 members (excludes halogenated alkanes) is 2. The predicted octanol–water partition coefficient (Wildman–Crippen LogP) is 2.49. The first-order chi connectivity index (χ1) is 8.97. The number of hydrogen-bond acceptors (Lipinski definition) is 5. The molecule has 6 heteroatoms. The number of anilines is 2. The molecule has 19 heavy (non-hydrogen) atoms. The van der Waals surface area contributed by atoms with Crippen molar-refractivity contribution in [3.63, 3.8) is 0 Å². The maximum Gasteiger partial charge on any atom is 0.258 e. The minimum absolute atomic E-state index is 0.0880. The monoisotopic (exact) mass is 284 g/mol. The SMILES string of the molecule is CCCCCN(C)c1snc(N)c1C(=O)NC(C)C. The summed E-state index contributed by atoms with van der Waals surface area (Å²) in [5.74, 6) is 0.180. The normalized spacial score (nSPS) is 10.8. The number of hydrogen-bond donors (Lipinski definition) is 2. The predicted molar refractivity (Wildman–Crippen MR) is 81.9 cm³/mol. The molecule has 0 saturated carbocycles. The molecule has 1 heterocycles. The van der Waals surface area contributed by atoms with Crippen molar-refractivity contribution in [1.29, 1.82) is 0 Å². The molecule has 0 bridgehead atoms. The Bertz CT molecular complexity index is 417. The lowest BCUT2D eigenvalue weighted by atomic mass is 10.2. The zero-order valence-corrected chi connectivity index (χ0v) is 13.0. The van der Waals surface area contributed by atoms with Crippen LogP contribution in [0.1, 0.15) is 50.4 Å². The van der Waals surface area contributed by atoms with Gasteiger partial charge in [-0.15, -0.1) is 0 Å². The Labute approximate surface area is 119 Å². The fourth-order valence-electron chi connectivity index (χ4n) is 1.80. The Kier molecular flexibility index (Phi) is 6.08. The van der Waals surface area contributed by atoms with Crippen LogP contribution in [-0.2, 0) is 0 Å². The third kappa shape index (κ3) is 4.38. The van der Waals surface area contributed by atoms with E-state index in [1.54, 1.807) is 0 Å². The Morgan fingerprint density at radius 1 is 1.47 bits per heavy atom. The molecule has 0 unspecified atom stereocenters. The number of carbonyl (C=O) groups is 1. The summed E-state index contributed by atoms with van der Waals surface area (Å²) in [6.07, 6.45) is 3.47. The molecule has 1 rings (SSSR count). The smallest absolute Gasteiger partial charge is 0.258 e. The van der Waals surface area contributed by atoms with E-state index in [1.807, 2.05) is 20.9 Å². The second-order valence-electron chi connectivity index (χ2n) is 5.00. The van der Waals surface area contributed by atoms with Gasteiger partial charge in [0.25, 0.3) is 5.91 Å². The first-order valence-corrected chi connectivity index (χ1v) is 7.51. The van der Waals surface area contributed by atoms with Crippen LogP contribution < -0.4 is 16.0 Å². The van der Waals surface area contributed by atoms with E-state index < -0.39 is 0 Å². The molecule has 1 aromatic heterocycles. The molecular formula is C13H24N4OS.